The van der Waals surface area contributed by atoms with Crippen LogP contribution in [0.25, 0.3) is 0 Å². The third kappa shape index (κ3) is 1.67. The van der Waals surface area contributed by atoms with Gasteiger partial charge >= 0.3 is 0 Å². The lowest BCUT2D eigenvalue weighted by molar-refractivity contribution is -0.116. The normalized spacial score (nSPS) is 41.5. The van der Waals surface area contributed by atoms with Crippen LogP contribution in [-0.2, 0) is 4.74 Å². The van der Waals surface area contributed by atoms with Crippen LogP contribution in [0.4, 0.5) is 0 Å². The number of nitrogens with one attached hydrogen (secondary N) is 1. The van der Waals surface area contributed by atoms with Crippen LogP contribution in [-0.4, -0.2) is 25.3 Å². The van der Waals surface area contributed by atoms with Gasteiger partial charge in [0.1, 0.15) is 0 Å². The van der Waals surface area contributed by atoms with Gasteiger partial charge in [-0.1, -0.05) is 27.2 Å². The molecule has 0 aromatic rings. The zero-order valence-corrected chi connectivity index (χ0v) is 11.6. The molecular formula is C15H27NO. The van der Waals surface area contributed by atoms with Crippen molar-refractivity contribution in [3.8, 4) is 0 Å². The number of hydrogen-bond acceptors (Lipinski definition) is 2. The van der Waals surface area contributed by atoms with Crippen LogP contribution in [0.1, 0.15) is 52.9 Å². The Bertz CT molecular complexity index is 290. The van der Waals surface area contributed by atoms with E-state index in [0.29, 0.717) is 23.0 Å². The summed E-state index contributed by atoms with van der Waals surface area (Å²) in [5.74, 6) is 0.791. The molecule has 1 saturated heterocycles. The maximum absolute atomic E-state index is 5.86. The van der Waals surface area contributed by atoms with Gasteiger partial charge < -0.3 is 10.1 Å². The van der Waals surface area contributed by atoms with E-state index in [1.807, 2.05) is 0 Å². The van der Waals surface area contributed by atoms with E-state index in [4.69, 9.17) is 4.74 Å². The van der Waals surface area contributed by atoms with E-state index >= 15 is 0 Å². The van der Waals surface area contributed by atoms with Gasteiger partial charge in [-0.3, -0.25) is 0 Å². The summed E-state index contributed by atoms with van der Waals surface area (Å²) in [5, 5.41) is 3.89. The quantitative estimate of drug-likeness (QED) is 0.811. The summed E-state index contributed by atoms with van der Waals surface area (Å²) < 4.78 is 5.86. The highest BCUT2D eigenvalue weighted by Gasteiger charge is 2.59. The summed E-state index contributed by atoms with van der Waals surface area (Å²) in [5.41, 5.74) is 0.987. The zero-order valence-electron chi connectivity index (χ0n) is 11.6. The first-order valence-electron chi connectivity index (χ1n) is 7.44. The van der Waals surface area contributed by atoms with Crippen LogP contribution in [0.2, 0.25) is 0 Å². The van der Waals surface area contributed by atoms with E-state index < -0.39 is 0 Å². The van der Waals surface area contributed by atoms with Gasteiger partial charge in [0.05, 0.1) is 6.10 Å². The zero-order chi connectivity index (χ0) is 12.1. The van der Waals surface area contributed by atoms with Crippen molar-refractivity contribution < 1.29 is 4.74 Å². The highest BCUT2D eigenvalue weighted by atomic mass is 16.5. The van der Waals surface area contributed by atoms with E-state index in [2.05, 4.69) is 26.1 Å². The lowest BCUT2D eigenvalue weighted by Crippen LogP contribution is -2.67. The molecule has 2 nitrogen and oxygen atoms in total. The molecule has 2 heteroatoms. The Labute approximate surface area is 105 Å². The summed E-state index contributed by atoms with van der Waals surface area (Å²) in [6, 6.07) is 0.694. The van der Waals surface area contributed by atoms with Crippen molar-refractivity contribution in [2.24, 2.45) is 16.7 Å². The second-order valence-electron chi connectivity index (χ2n) is 7.13. The van der Waals surface area contributed by atoms with Crippen molar-refractivity contribution in [2.75, 3.05) is 13.2 Å². The third-order valence-electron chi connectivity index (χ3n) is 5.96. The predicted octanol–water partition coefficient (Wildman–Crippen LogP) is 2.97. The summed E-state index contributed by atoms with van der Waals surface area (Å²) in [7, 11) is 0. The van der Waals surface area contributed by atoms with Crippen LogP contribution in [0, 0.1) is 16.7 Å². The highest BCUT2D eigenvalue weighted by molar-refractivity contribution is 5.11. The molecule has 1 aliphatic heterocycles. The summed E-state index contributed by atoms with van der Waals surface area (Å²) in [6.07, 6.45) is 7.46. The molecule has 0 amide bonds. The van der Waals surface area contributed by atoms with Crippen molar-refractivity contribution in [2.45, 2.75) is 65.0 Å². The van der Waals surface area contributed by atoms with Crippen LogP contribution >= 0.6 is 0 Å². The Morgan fingerprint density at radius 3 is 2.65 bits per heavy atom. The maximum Gasteiger partial charge on any atom is 0.0685 e. The second-order valence-corrected chi connectivity index (χ2v) is 7.13. The Kier molecular flexibility index (Phi) is 2.79. The topological polar surface area (TPSA) is 21.3 Å². The molecule has 2 saturated carbocycles. The van der Waals surface area contributed by atoms with Gasteiger partial charge in [-0.15, -0.1) is 0 Å². The van der Waals surface area contributed by atoms with Crippen molar-refractivity contribution in [3.05, 3.63) is 0 Å². The van der Waals surface area contributed by atoms with Gasteiger partial charge in [0, 0.05) is 30.5 Å². The SMILES string of the molecule is CCC1(CNC2C3CCOC3C2(C)C)CCC1. The fraction of sp³-hybridized carbons (Fsp3) is 1.00. The van der Waals surface area contributed by atoms with Crippen molar-refractivity contribution >= 4 is 0 Å². The van der Waals surface area contributed by atoms with Crippen LogP contribution in [0.3, 0.4) is 0 Å². The van der Waals surface area contributed by atoms with Gasteiger partial charge in [0.15, 0.2) is 0 Å². The average Bonchev–Trinajstić information content (AvgIpc) is 2.68. The minimum atomic E-state index is 0.347. The largest absolute Gasteiger partial charge is 0.377 e. The number of ether oxygens (including phenoxy) is 1. The molecule has 1 N–H and O–H groups in total. The molecule has 2 aliphatic carbocycles. The fourth-order valence-corrected chi connectivity index (χ4v) is 4.40. The number of rotatable bonds is 4. The van der Waals surface area contributed by atoms with Crippen LogP contribution in [0.5, 0.6) is 0 Å². The first-order chi connectivity index (χ1) is 8.09. The van der Waals surface area contributed by atoms with Crippen molar-refractivity contribution in [1.82, 2.24) is 5.32 Å². The molecule has 3 atom stereocenters. The van der Waals surface area contributed by atoms with Gasteiger partial charge in [0.2, 0.25) is 0 Å². The third-order valence-corrected chi connectivity index (χ3v) is 5.96. The Hall–Kier alpha value is -0.0800. The van der Waals surface area contributed by atoms with Gasteiger partial charge in [-0.05, 0) is 31.1 Å². The van der Waals surface area contributed by atoms with Gasteiger partial charge in [-0.25, -0.2) is 0 Å². The molecule has 3 fully saturated rings. The highest BCUT2D eigenvalue weighted by Crippen LogP contribution is 2.53. The maximum atomic E-state index is 5.86. The van der Waals surface area contributed by atoms with E-state index in [1.165, 1.54) is 38.6 Å². The molecule has 1 heterocycles. The standard InChI is InChI=1S/C15H27NO/c1-4-15(7-5-8-15)10-16-12-11-6-9-17-13(11)14(12,2)3/h11-13,16H,4-10H2,1-3H3. The van der Waals surface area contributed by atoms with E-state index in [-0.39, 0.29) is 0 Å². The molecule has 3 unspecified atom stereocenters. The molecule has 0 aromatic heterocycles. The predicted molar refractivity (Wildman–Crippen MR) is 70.0 cm³/mol. The molecule has 0 bridgehead atoms. The lowest BCUT2D eigenvalue weighted by Gasteiger charge is -2.56. The molecular weight excluding hydrogens is 210 g/mol. The van der Waals surface area contributed by atoms with E-state index in [0.717, 1.165) is 12.5 Å². The first kappa shape index (κ1) is 12.0. The average molecular weight is 237 g/mol. The minimum absolute atomic E-state index is 0.347. The molecule has 0 aromatic carbocycles. The molecule has 98 valence electrons. The van der Waals surface area contributed by atoms with E-state index in [9.17, 15) is 0 Å². The minimum Gasteiger partial charge on any atom is -0.377 e. The molecule has 0 radical (unpaired) electrons. The monoisotopic (exact) mass is 237 g/mol. The van der Waals surface area contributed by atoms with E-state index in [1.54, 1.807) is 0 Å². The first-order valence-corrected chi connectivity index (χ1v) is 7.44. The molecule has 3 rings (SSSR count). The molecule has 17 heavy (non-hydrogen) atoms. The number of hydrogen-bond donors (Lipinski definition) is 1. The lowest BCUT2D eigenvalue weighted by atomic mass is 9.57. The Morgan fingerprint density at radius 1 is 1.29 bits per heavy atom. The van der Waals surface area contributed by atoms with Crippen LogP contribution in [0.15, 0.2) is 0 Å². The smallest absolute Gasteiger partial charge is 0.0685 e. The summed E-state index contributed by atoms with van der Waals surface area (Å²) >= 11 is 0. The fourth-order valence-electron chi connectivity index (χ4n) is 4.40. The summed E-state index contributed by atoms with van der Waals surface area (Å²) in [4.78, 5) is 0. The summed E-state index contributed by atoms with van der Waals surface area (Å²) in [6.45, 7) is 9.32. The molecule has 3 aliphatic rings. The number of fused-ring (bicyclic) bond motifs is 1. The van der Waals surface area contributed by atoms with Crippen molar-refractivity contribution in [1.29, 1.82) is 0 Å². The van der Waals surface area contributed by atoms with Gasteiger partial charge in [0.25, 0.3) is 0 Å². The van der Waals surface area contributed by atoms with Crippen LogP contribution < -0.4 is 5.32 Å². The Morgan fingerprint density at radius 2 is 2.06 bits per heavy atom. The second kappa shape index (κ2) is 3.96. The van der Waals surface area contributed by atoms with Gasteiger partial charge in [-0.2, -0.15) is 0 Å². The molecule has 0 spiro atoms. The van der Waals surface area contributed by atoms with Crippen molar-refractivity contribution in [3.63, 3.8) is 0 Å². The Balaban J connectivity index is 1.58.